The van der Waals surface area contributed by atoms with Crippen molar-refractivity contribution in [1.29, 1.82) is 0 Å². The Bertz CT molecular complexity index is 485. The Morgan fingerprint density at radius 2 is 1.82 bits per heavy atom. The lowest BCUT2D eigenvalue weighted by atomic mass is 10.2. The summed E-state index contributed by atoms with van der Waals surface area (Å²) in [6, 6.07) is 14.3. The molecule has 17 heavy (non-hydrogen) atoms. The molecule has 2 rings (SSSR count). The first kappa shape index (κ1) is 11.1. The third-order valence-corrected chi connectivity index (χ3v) is 2.21. The Hall–Kier alpha value is -2.36. The van der Waals surface area contributed by atoms with Gasteiger partial charge >= 0.3 is 0 Å². The van der Waals surface area contributed by atoms with Crippen molar-refractivity contribution >= 4 is 5.91 Å². The van der Waals surface area contributed by atoms with E-state index in [9.17, 15) is 4.79 Å². The normalized spacial score (nSPS) is 11.8. The molecule has 1 atom stereocenters. The number of amides is 1. The minimum atomic E-state index is -0.862. The van der Waals surface area contributed by atoms with Crippen LogP contribution in [0.3, 0.4) is 0 Å². The summed E-state index contributed by atoms with van der Waals surface area (Å²) >= 11 is 0. The highest BCUT2D eigenvalue weighted by molar-refractivity contribution is 5.80. The van der Waals surface area contributed by atoms with Crippen LogP contribution in [0.25, 0.3) is 0 Å². The lowest BCUT2D eigenvalue weighted by Crippen LogP contribution is -2.26. The number of carbonyl (C=O) groups excluding carboxylic acids is 1. The maximum absolute atomic E-state index is 11.4. The largest absolute Gasteiger partial charge is 0.474 e. The number of benzene rings is 1. The van der Waals surface area contributed by atoms with Gasteiger partial charge in [-0.15, -0.1) is 0 Å². The number of para-hydroxylation sites is 1. The van der Waals surface area contributed by atoms with E-state index < -0.39 is 12.0 Å². The molecule has 1 amide bonds. The first-order chi connectivity index (χ1) is 8.27. The molecule has 2 N–H and O–H groups in total. The first-order valence-electron chi connectivity index (χ1n) is 5.19. The molecule has 1 heterocycles. The van der Waals surface area contributed by atoms with Crippen molar-refractivity contribution in [3.63, 3.8) is 0 Å². The van der Waals surface area contributed by atoms with Crippen LogP contribution in [0.1, 0.15) is 11.8 Å². The van der Waals surface area contributed by atoms with Gasteiger partial charge in [-0.2, -0.15) is 0 Å². The van der Waals surface area contributed by atoms with Gasteiger partial charge in [0.25, 0.3) is 5.91 Å². The molecule has 0 aliphatic heterocycles. The molecule has 0 radical (unpaired) electrons. The van der Waals surface area contributed by atoms with E-state index in [0.717, 1.165) is 0 Å². The van der Waals surface area contributed by atoms with Crippen LogP contribution < -0.4 is 10.5 Å². The number of hydrogen-bond donors (Lipinski definition) is 1. The molecule has 0 saturated heterocycles. The SMILES string of the molecule is NC(=O)C(Oc1ccccc1)c1ccccn1. The Morgan fingerprint density at radius 3 is 2.41 bits per heavy atom. The molecule has 86 valence electrons. The van der Waals surface area contributed by atoms with Crippen LogP contribution in [0.4, 0.5) is 0 Å². The zero-order valence-electron chi connectivity index (χ0n) is 9.11. The second-order valence-corrected chi connectivity index (χ2v) is 3.47. The van der Waals surface area contributed by atoms with E-state index in [-0.39, 0.29) is 0 Å². The Labute approximate surface area is 99.1 Å². The summed E-state index contributed by atoms with van der Waals surface area (Å²) in [5, 5.41) is 0. The molecule has 2 aromatic rings. The standard InChI is InChI=1S/C13H12N2O2/c14-13(16)12(11-8-4-5-9-15-11)17-10-6-2-1-3-7-10/h1-9,12H,(H2,14,16). The fraction of sp³-hybridized carbons (Fsp3) is 0.0769. The van der Waals surface area contributed by atoms with Crippen LogP contribution in [-0.4, -0.2) is 10.9 Å². The summed E-state index contributed by atoms with van der Waals surface area (Å²) in [7, 11) is 0. The van der Waals surface area contributed by atoms with Gasteiger partial charge in [-0.1, -0.05) is 24.3 Å². The number of rotatable bonds is 4. The number of hydrogen-bond acceptors (Lipinski definition) is 3. The number of nitrogens with two attached hydrogens (primary N) is 1. The predicted octanol–water partition coefficient (Wildman–Crippen LogP) is 1.69. The van der Waals surface area contributed by atoms with Gasteiger partial charge in [0.15, 0.2) is 0 Å². The van der Waals surface area contributed by atoms with Crippen LogP contribution in [0.15, 0.2) is 54.7 Å². The average Bonchev–Trinajstić information content (AvgIpc) is 2.38. The van der Waals surface area contributed by atoms with Crippen molar-refractivity contribution in [3.05, 3.63) is 60.4 Å². The highest BCUT2D eigenvalue weighted by Crippen LogP contribution is 2.19. The zero-order valence-corrected chi connectivity index (χ0v) is 9.11. The number of pyridine rings is 1. The monoisotopic (exact) mass is 228 g/mol. The minimum absolute atomic E-state index is 0.504. The lowest BCUT2D eigenvalue weighted by Gasteiger charge is -2.15. The fourth-order valence-corrected chi connectivity index (χ4v) is 1.43. The highest BCUT2D eigenvalue weighted by atomic mass is 16.5. The number of aromatic nitrogens is 1. The summed E-state index contributed by atoms with van der Waals surface area (Å²) in [5.74, 6) is 0.0227. The van der Waals surface area contributed by atoms with Crippen LogP contribution in [0.5, 0.6) is 5.75 Å². The molecule has 0 aliphatic carbocycles. The lowest BCUT2D eigenvalue weighted by molar-refractivity contribution is -0.125. The van der Waals surface area contributed by atoms with Crippen molar-refractivity contribution < 1.29 is 9.53 Å². The molecular formula is C13H12N2O2. The second kappa shape index (κ2) is 5.12. The minimum Gasteiger partial charge on any atom is -0.474 e. The van der Waals surface area contributed by atoms with Crippen LogP contribution in [-0.2, 0) is 4.79 Å². The molecule has 0 aliphatic rings. The van der Waals surface area contributed by atoms with Gasteiger partial charge in [0.2, 0.25) is 6.10 Å². The molecule has 0 spiro atoms. The van der Waals surface area contributed by atoms with Gasteiger partial charge in [0.05, 0.1) is 5.69 Å². The second-order valence-electron chi connectivity index (χ2n) is 3.47. The maximum Gasteiger partial charge on any atom is 0.264 e. The summed E-state index contributed by atoms with van der Waals surface area (Å²) in [6.45, 7) is 0. The molecule has 0 bridgehead atoms. The summed E-state index contributed by atoms with van der Waals surface area (Å²) in [4.78, 5) is 15.4. The zero-order chi connectivity index (χ0) is 12.1. The van der Waals surface area contributed by atoms with Crippen molar-refractivity contribution in [1.82, 2.24) is 4.98 Å². The summed E-state index contributed by atoms with van der Waals surface area (Å²) in [5.41, 5.74) is 5.82. The molecule has 4 nitrogen and oxygen atoms in total. The van der Waals surface area contributed by atoms with E-state index in [4.69, 9.17) is 10.5 Å². The Kier molecular flexibility index (Phi) is 3.35. The van der Waals surface area contributed by atoms with Crippen molar-refractivity contribution in [3.8, 4) is 5.75 Å². The smallest absolute Gasteiger partial charge is 0.264 e. The molecule has 0 saturated carbocycles. The Morgan fingerprint density at radius 1 is 1.12 bits per heavy atom. The van der Waals surface area contributed by atoms with E-state index in [2.05, 4.69) is 4.98 Å². The van der Waals surface area contributed by atoms with Gasteiger partial charge in [0, 0.05) is 6.20 Å². The number of carbonyl (C=O) groups is 1. The molecule has 1 aromatic carbocycles. The average molecular weight is 228 g/mol. The van der Waals surface area contributed by atoms with Crippen LogP contribution in [0.2, 0.25) is 0 Å². The third-order valence-electron chi connectivity index (χ3n) is 2.21. The number of ether oxygens (including phenoxy) is 1. The van der Waals surface area contributed by atoms with Crippen molar-refractivity contribution in [2.24, 2.45) is 5.73 Å². The van der Waals surface area contributed by atoms with Crippen molar-refractivity contribution in [2.45, 2.75) is 6.10 Å². The van der Waals surface area contributed by atoms with E-state index in [1.54, 1.807) is 36.5 Å². The quantitative estimate of drug-likeness (QED) is 0.865. The van der Waals surface area contributed by atoms with Gasteiger partial charge in [-0.3, -0.25) is 9.78 Å². The summed E-state index contributed by atoms with van der Waals surface area (Å²) in [6.07, 6.45) is 0.734. The molecule has 4 heteroatoms. The molecule has 1 unspecified atom stereocenters. The third kappa shape index (κ3) is 2.81. The van der Waals surface area contributed by atoms with E-state index >= 15 is 0 Å². The van der Waals surface area contributed by atoms with Gasteiger partial charge in [0.1, 0.15) is 5.75 Å². The van der Waals surface area contributed by atoms with Gasteiger partial charge in [-0.25, -0.2) is 0 Å². The molecule has 1 aromatic heterocycles. The highest BCUT2D eigenvalue weighted by Gasteiger charge is 2.20. The van der Waals surface area contributed by atoms with E-state index in [0.29, 0.717) is 11.4 Å². The van der Waals surface area contributed by atoms with Crippen molar-refractivity contribution in [2.75, 3.05) is 0 Å². The first-order valence-corrected chi connectivity index (χ1v) is 5.19. The van der Waals surface area contributed by atoms with Crippen LogP contribution in [0, 0.1) is 0 Å². The van der Waals surface area contributed by atoms with Gasteiger partial charge in [-0.05, 0) is 24.3 Å². The molecule has 0 fully saturated rings. The van der Waals surface area contributed by atoms with Gasteiger partial charge < -0.3 is 10.5 Å². The summed E-state index contributed by atoms with van der Waals surface area (Å²) < 4.78 is 5.52. The Balaban J connectivity index is 2.23. The fourth-order valence-electron chi connectivity index (χ4n) is 1.43. The topological polar surface area (TPSA) is 65.2 Å². The van der Waals surface area contributed by atoms with Crippen LogP contribution >= 0.6 is 0 Å². The van der Waals surface area contributed by atoms with E-state index in [1.807, 2.05) is 18.2 Å². The maximum atomic E-state index is 11.4. The number of nitrogens with zero attached hydrogens (tertiary/aromatic N) is 1. The number of primary amides is 1. The predicted molar refractivity (Wildman–Crippen MR) is 63.2 cm³/mol. The van der Waals surface area contributed by atoms with E-state index in [1.165, 1.54) is 0 Å². The molecular weight excluding hydrogens is 216 g/mol.